The molecule has 1 heterocycles. The van der Waals surface area contributed by atoms with E-state index in [9.17, 15) is 4.79 Å². The smallest absolute Gasteiger partial charge is 0.234 e. The number of carbonyl (C=O) groups is 1. The largest absolute Gasteiger partial charge is 0.368 e. The van der Waals surface area contributed by atoms with Crippen LogP contribution >= 0.6 is 0 Å². The number of carbonyl (C=O) groups excluding carboxylic acids is 1. The summed E-state index contributed by atoms with van der Waals surface area (Å²) in [6.45, 7) is 5.01. The Morgan fingerprint density at radius 2 is 2.09 bits per heavy atom. The lowest BCUT2D eigenvalue weighted by Gasteiger charge is -2.14. The highest BCUT2D eigenvalue weighted by molar-refractivity contribution is 5.80. The first kappa shape index (κ1) is 10.4. The van der Waals surface area contributed by atoms with Gasteiger partial charge in [-0.25, -0.2) is 0 Å². The van der Waals surface area contributed by atoms with Gasteiger partial charge in [0.2, 0.25) is 5.91 Å². The molecule has 0 aliphatic carbocycles. The number of rotatable bonds is 1. The third-order valence-corrected chi connectivity index (χ3v) is 1.85. The van der Waals surface area contributed by atoms with E-state index in [0.717, 1.165) is 19.4 Å². The van der Waals surface area contributed by atoms with Crippen LogP contribution in [0.4, 0.5) is 0 Å². The van der Waals surface area contributed by atoms with Gasteiger partial charge in [0.1, 0.15) is 0 Å². The van der Waals surface area contributed by atoms with Crippen molar-refractivity contribution < 1.29 is 4.79 Å². The number of hydrogen-bond acceptors (Lipinski definition) is 2. The van der Waals surface area contributed by atoms with Crippen LogP contribution in [0.25, 0.3) is 0 Å². The van der Waals surface area contributed by atoms with Crippen LogP contribution in [0.5, 0.6) is 0 Å². The first-order valence-electron chi connectivity index (χ1n) is 4.21. The van der Waals surface area contributed by atoms with Crippen molar-refractivity contribution in [3.05, 3.63) is 0 Å². The molecule has 3 nitrogen and oxygen atoms in total. The van der Waals surface area contributed by atoms with E-state index in [1.807, 2.05) is 25.8 Å². The lowest BCUT2D eigenvalue weighted by atomic mass is 10.2. The van der Waals surface area contributed by atoms with Gasteiger partial charge in [0.05, 0.1) is 6.04 Å². The third kappa shape index (κ3) is 2.89. The van der Waals surface area contributed by atoms with Crippen LogP contribution in [0, 0.1) is 0 Å². The highest BCUT2D eigenvalue weighted by atomic mass is 16.1. The van der Waals surface area contributed by atoms with Gasteiger partial charge in [0.25, 0.3) is 0 Å². The molecule has 0 saturated carbocycles. The summed E-state index contributed by atoms with van der Waals surface area (Å²) < 4.78 is 0. The Balaban J connectivity index is 0.000000461. The Hall–Kier alpha value is -0.570. The molecule has 3 heteroatoms. The summed E-state index contributed by atoms with van der Waals surface area (Å²) in [7, 11) is 1.93. The summed E-state index contributed by atoms with van der Waals surface area (Å²) in [6, 6.07) is 0.00463. The van der Waals surface area contributed by atoms with Gasteiger partial charge in [-0.1, -0.05) is 13.8 Å². The molecular weight excluding hydrogens is 140 g/mol. The molecule has 0 bridgehead atoms. The Morgan fingerprint density at radius 1 is 1.55 bits per heavy atom. The maximum Gasteiger partial charge on any atom is 0.234 e. The van der Waals surface area contributed by atoms with Crippen molar-refractivity contribution in [2.24, 2.45) is 5.73 Å². The zero-order valence-electron chi connectivity index (χ0n) is 7.63. The van der Waals surface area contributed by atoms with Gasteiger partial charge in [0, 0.05) is 0 Å². The van der Waals surface area contributed by atoms with E-state index in [4.69, 9.17) is 5.73 Å². The van der Waals surface area contributed by atoms with Gasteiger partial charge in [-0.05, 0) is 26.4 Å². The second-order valence-corrected chi connectivity index (χ2v) is 2.54. The minimum Gasteiger partial charge on any atom is -0.368 e. The lowest BCUT2D eigenvalue weighted by Crippen LogP contribution is -2.37. The molecule has 1 fully saturated rings. The van der Waals surface area contributed by atoms with Gasteiger partial charge in [-0.15, -0.1) is 0 Å². The van der Waals surface area contributed by atoms with Crippen LogP contribution in [0.15, 0.2) is 0 Å². The SMILES string of the molecule is CC.CN1CCC[C@H]1C(N)=O. The van der Waals surface area contributed by atoms with Crippen molar-refractivity contribution in [2.45, 2.75) is 32.7 Å². The number of nitrogens with two attached hydrogens (primary N) is 1. The fraction of sp³-hybridized carbons (Fsp3) is 0.875. The van der Waals surface area contributed by atoms with Crippen LogP contribution in [0.2, 0.25) is 0 Å². The lowest BCUT2D eigenvalue weighted by molar-refractivity contribution is -0.121. The average Bonchev–Trinajstić information content (AvgIpc) is 2.39. The fourth-order valence-corrected chi connectivity index (χ4v) is 1.27. The summed E-state index contributed by atoms with van der Waals surface area (Å²) in [4.78, 5) is 12.6. The second kappa shape index (κ2) is 5.13. The molecular formula is C8H18N2O. The first-order valence-corrected chi connectivity index (χ1v) is 4.21. The third-order valence-electron chi connectivity index (χ3n) is 1.85. The second-order valence-electron chi connectivity index (χ2n) is 2.54. The number of likely N-dealkylation sites (N-methyl/N-ethyl adjacent to an activating group) is 1. The number of hydrogen-bond donors (Lipinski definition) is 1. The van der Waals surface area contributed by atoms with Gasteiger partial charge in [0.15, 0.2) is 0 Å². The van der Waals surface area contributed by atoms with E-state index in [2.05, 4.69) is 0 Å². The van der Waals surface area contributed by atoms with Crippen LogP contribution in [0.1, 0.15) is 26.7 Å². The highest BCUT2D eigenvalue weighted by Gasteiger charge is 2.24. The van der Waals surface area contributed by atoms with Gasteiger partial charge >= 0.3 is 0 Å². The minimum absolute atomic E-state index is 0.00463. The summed E-state index contributed by atoms with van der Waals surface area (Å²) in [5.41, 5.74) is 5.11. The van der Waals surface area contributed by atoms with Crippen molar-refractivity contribution in [1.82, 2.24) is 4.90 Å². The quantitative estimate of drug-likeness (QED) is 0.607. The van der Waals surface area contributed by atoms with Crippen molar-refractivity contribution in [1.29, 1.82) is 0 Å². The molecule has 0 unspecified atom stereocenters. The molecule has 1 atom stereocenters. The number of primary amides is 1. The average molecular weight is 158 g/mol. The molecule has 0 radical (unpaired) electrons. The van der Waals surface area contributed by atoms with Gasteiger partial charge in [-0.3, -0.25) is 9.69 Å². The molecule has 0 aromatic carbocycles. The zero-order valence-corrected chi connectivity index (χ0v) is 7.63. The normalized spacial score (nSPS) is 24.1. The van der Waals surface area contributed by atoms with Gasteiger partial charge in [-0.2, -0.15) is 0 Å². The number of amides is 1. The predicted molar refractivity (Wildman–Crippen MR) is 46.2 cm³/mol. The zero-order chi connectivity index (χ0) is 8.85. The summed E-state index contributed by atoms with van der Waals surface area (Å²) >= 11 is 0. The Morgan fingerprint density at radius 3 is 2.27 bits per heavy atom. The van der Waals surface area contributed by atoms with Crippen LogP contribution in [-0.2, 0) is 4.79 Å². The Kier molecular flexibility index (Phi) is 4.86. The predicted octanol–water partition coefficient (Wildman–Crippen LogP) is 0.592. The monoisotopic (exact) mass is 158 g/mol. The van der Waals surface area contributed by atoms with Crippen molar-refractivity contribution in [3.8, 4) is 0 Å². The maximum absolute atomic E-state index is 10.6. The fourth-order valence-electron chi connectivity index (χ4n) is 1.27. The van der Waals surface area contributed by atoms with Crippen LogP contribution < -0.4 is 5.73 Å². The highest BCUT2D eigenvalue weighted by Crippen LogP contribution is 2.13. The van der Waals surface area contributed by atoms with E-state index in [1.54, 1.807) is 0 Å². The van der Waals surface area contributed by atoms with Crippen LogP contribution in [-0.4, -0.2) is 30.4 Å². The Labute approximate surface area is 68.6 Å². The summed E-state index contributed by atoms with van der Waals surface area (Å²) in [6.07, 6.45) is 2.04. The number of nitrogens with zero attached hydrogens (tertiary/aromatic N) is 1. The topological polar surface area (TPSA) is 46.3 Å². The summed E-state index contributed by atoms with van der Waals surface area (Å²) in [5, 5.41) is 0. The molecule has 1 aliphatic rings. The standard InChI is InChI=1S/C6H12N2O.C2H6/c1-8-4-2-3-5(8)6(7)9;1-2/h5H,2-4H2,1H3,(H2,7,9);1-2H3/t5-;/m0./s1. The summed E-state index contributed by atoms with van der Waals surface area (Å²) in [5.74, 6) is -0.185. The van der Waals surface area contributed by atoms with E-state index in [-0.39, 0.29) is 11.9 Å². The molecule has 1 aliphatic heterocycles. The molecule has 0 aromatic rings. The van der Waals surface area contributed by atoms with E-state index in [0.29, 0.717) is 0 Å². The van der Waals surface area contributed by atoms with Crippen molar-refractivity contribution >= 4 is 5.91 Å². The molecule has 11 heavy (non-hydrogen) atoms. The molecule has 2 N–H and O–H groups in total. The van der Waals surface area contributed by atoms with E-state index >= 15 is 0 Å². The molecule has 0 spiro atoms. The van der Waals surface area contributed by atoms with Crippen molar-refractivity contribution in [2.75, 3.05) is 13.6 Å². The van der Waals surface area contributed by atoms with Crippen molar-refractivity contribution in [3.63, 3.8) is 0 Å². The van der Waals surface area contributed by atoms with Gasteiger partial charge < -0.3 is 5.73 Å². The van der Waals surface area contributed by atoms with E-state index < -0.39 is 0 Å². The number of likely N-dealkylation sites (tertiary alicyclic amines) is 1. The van der Waals surface area contributed by atoms with E-state index in [1.165, 1.54) is 0 Å². The molecule has 1 saturated heterocycles. The maximum atomic E-state index is 10.6. The molecule has 1 amide bonds. The Bertz CT molecular complexity index is 125. The first-order chi connectivity index (χ1) is 5.22. The van der Waals surface area contributed by atoms with Crippen LogP contribution in [0.3, 0.4) is 0 Å². The minimum atomic E-state index is -0.185. The molecule has 66 valence electrons. The molecule has 1 rings (SSSR count). The molecule has 0 aromatic heterocycles.